The molecule has 0 aliphatic carbocycles. The van der Waals surface area contributed by atoms with Gasteiger partial charge in [0.2, 0.25) is 5.91 Å². The predicted octanol–water partition coefficient (Wildman–Crippen LogP) is 0.871. The van der Waals surface area contributed by atoms with E-state index in [4.69, 9.17) is 4.74 Å². The Morgan fingerprint density at radius 3 is 2.62 bits per heavy atom. The molecular formula is C12H17NO3. The van der Waals surface area contributed by atoms with Crippen LogP contribution in [0.25, 0.3) is 0 Å². The fraction of sp³-hybridized carbons (Fsp3) is 0.417. The van der Waals surface area contributed by atoms with Crippen LogP contribution in [0, 0.1) is 0 Å². The molecule has 0 fully saturated rings. The molecule has 0 saturated heterocycles. The first-order valence-corrected chi connectivity index (χ1v) is 5.16. The van der Waals surface area contributed by atoms with Gasteiger partial charge < -0.3 is 15.2 Å². The molecule has 0 bridgehead atoms. The molecular weight excluding hydrogens is 206 g/mol. The molecule has 16 heavy (non-hydrogen) atoms. The van der Waals surface area contributed by atoms with Gasteiger partial charge in [0.05, 0.1) is 12.1 Å². The Hall–Kier alpha value is -1.39. The number of ether oxygens (including phenoxy) is 1. The van der Waals surface area contributed by atoms with Crippen LogP contribution < -0.4 is 5.32 Å². The number of aliphatic hydroxyl groups excluding tert-OH is 1. The molecule has 0 aliphatic heterocycles. The van der Waals surface area contributed by atoms with Gasteiger partial charge in [-0.15, -0.1) is 0 Å². The summed E-state index contributed by atoms with van der Waals surface area (Å²) in [5.41, 5.74) is 0.785. The van der Waals surface area contributed by atoms with Crippen LogP contribution >= 0.6 is 0 Å². The fourth-order valence-electron chi connectivity index (χ4n) is 1.44. The van der Waals surface area contributed by atoms with Crippen LogP contribution in [0.3, 0.4) is 0 Å². The standard InChI is InChI=1S/C12H17NO3/c1-9(13-11(14)8-16-2)12(15)10-6-4-3-5-7-10/h3-7,9,12,15H,8H2,1-2H3,(H,13,14)/t9-,12-/m0/s1. The number of methoxy groups -OCH3 is 1. The Balaban J connectivity index is 2.54. The van der Waals surface area contributed by atoms with Gasteiger partial charge in [-0.2, -0.15) is 0 Å². The molecule has 0 aromatic heterocycles. The van der Waals surface area contributed by atoms with Crippen LogP contribution in [-0.2, 0) is 9.53 Å². The lowest BCUT2D eigenvalue weighted by atomic mass is 10.0. The summed E-state index contributed by atoms with van der Waals surface area (Å²) in [5, 5.41) is 12.6. The van der Waals surface area contributed by atoms with E-state index >= 15 is 0 Å². The second-order valence-corrected chi connectivity index (χ2v) is 3.64. The van der Waals surface area contributed by atoms with Crippen LogP contribution in [0.2, 0.25) is 0 Å². The third kappa shape index (κ3) is 3.64. The highest BCUT2D eigenvalue weighted by molar-refractivity contribution is 5.77. The van der Waals surface area contributed by atoms with Crippen molar-refractivity contribution in [3.63, 3.8) is 0 Å². The van der Waals surface area contributed by atoms with Crippen LogP contribution in [0.5, 0.6) is 0 Å². The summed E-state index contributed by atoms with van der Waals surface area (Å²) in [7, 11) is 1.46. The van der Waals surface area contributed by atoms with Crippen LogP contribution in [-0.4, -0.2) is 30.8 Å². The summed E-state index contributed by atoms with van der Waals surface area (Å²) in [6, 6.07) is 8.88. The second kappa shape index (κ2) is 6.25. The van der Waals surface area contributed by atoms with E-state index in [9.17, 15) is 9.90 Å². The minimum Gasteiger partial charge on any atom is -0.386 e. The molecule has 0 unspecified atom stereocenters. The number of hydrogen-bond donors (Lipinski definition) is 2. The Kier molecular flexibility index (Phi) is 4.95. The third-order valence-electron chi connectivity index (χ3n) is 2.28. The quantitative estimate of drug-likeness (QED) is 0.778. The van der Waals surface area contributed by atoms with Crippen LogP contribution in [0.4, 0.5) is 0 Å². The Bertz CT molecular complexity index is 326. The Labute approximate surface area is 95.2 Å². The second-order valence-electron chi connectivity index (χ2n) is 3.64. The van der Waals surface area contributed by atoms with Gasteiger partial charge in [0.1, 0.15) is 6.61 Å². The maximum atomic E-state index is 11.2. The third-order valence-corrected chi connectivity index (χ3v) is 2.28. The average molecular weight is 223 g/mol. The van der Waals surface area contributed by atoms with Crippen LogP contribution in [0.15, 0.2) is 30.3 Å². The zero-order chi connectivity index (χ0) is 12.0. The number of rotatable bonds is 5. The van der Waals surface area contributed by atoms with Gasteiger partial charge in [-0.1, -0.05) is 30.3 Å². The molecule has 4 nitrogen and oxygen atoms in total. The number of amides is 1. The topological polar surface area (TPSA) is 58.6 Å². The summed E-state index contributed by atoms with van der Waals surface area (Å²) in [6.45, 7) is 1.76. The zero-order valence-corrected chi connectivity index (χ0v) is 9.51. The van der Waals surface area contributed by atoms with Crippen molar-refractivity contribution in [2.75, 3.05) is 13.7 Å². The van der Waals surface area contributed by atoms with Crippen molar-refractivity contribution in [3.8, 4) is 0 Å². The Morgan fingerprint density at radius 1 is 1.44 bits per heavy atom. The molecule has 1 rings (SSSR count). The normalized spacial score (nSPS) is 14.2. The monoisotopic (exact) mass is 223 g/mol. The van der Waals surface area contributed by atoms with E-state index in [1.807, 2.05) is 30.3 Å². The maximum absolute atomic E-state index is 11.2. The lowest BCUT2D eigenvalue weighted by Crippen LogP contribution is -2.38. The fourth-order valence-corrected chi connectivity index (χ4v) is 1.44. The molecule has 4 heteroatoms. The molecule has 1 amide bonds. The highest BCUT2D eigenvalue weighted by atomic mass is 16.5. The van der Waals surface area contributed by atoms with E-state index in [-0.39, 0.29) is 18.6 Å². The van der Waals surface area contributed by atoms with E-state index in [1.54, 1.807) is 6.92 Å². The SMILES string of the molecule is COCC(=O)N[C@@H](C)[C@H](O)c1ccccc1. The molecule has 0 aliphatic rings. The minimum atomic E-state index is -0.706. The van der Waals surface area contributed by atoms with Gasteiger partial charge in [-0.3, -0.25) is 4.79 Å². The molecule has 1 aromatic carbocycles. The molecule has 88 valence electrons. The summed E-state index contributed by atoms with van der Waals surface area (Å²) in [5.74, 6) is -0.231. The van der Waals surface area contributed by atoms with Crippen molar-refractivity contribution in [2.24, 2.45) is 0 Å². The summed E-state index contributed by atoms with van der Waals surface area (Å²) < 4.78 is 4.70. The first-order chi connectivity index (χ1) is 7.65. The van der Waals surface area contributed by atoms with Crippen molar-refractivity contribution < 1.29 is 14.6 Å². The van der Waals surface area contributed by atoms with E-state index in [1.165, 1.54) is 7.11 Å². The molecule has 2 N–H and O–H groups in total. The van der Waals surface area contributed by atoms with E-state index in [2.05, 4.69) is 5.32 Å². The molecule has 0 radical (unpaired) electrons. The van der Waals surface area contributed by atoms with Gasteiger partial charge in [0, 0.05) is 7.11 Å². The summed E-state index contributed by atoms with van der Waals surface area (Å²) >= 11 is 0. The van der Waals surface area contributed by atoms with Gasteiger partial charge in [0.25, 0.3) is 0 Å². The zero-order valence-electron chi connectivity index (χ0n) is 9.51. The number of carbonyl (C=O) groups excluding carboxylic acids is 1. The molecule has 0 heterocycles. The van der Waals surface area contributed by atoms with E-state index in [0.717, 1.165) is 5.56 Å². The van der Waals surface area contributed by atoms with E-state index in [0.29, 0.717) is 0 Å². The van der Waals surface area contributed by atoms with Crippen molar-refractivity contribution in [3.05, 3.63) is 35.9 Å². The number of benzene rings is 1. The van der Waals surface area contributed by atoms with Crippen molar-refractivity contribution in [1.82, 2.24) is 5.32 Å². The van der Waals surface area contributed by atoms with E-state index < -0.39 is 6.10 Å². The molecule has 0 saturated carbocycles. The number of nitrogens with one attached hydrogen (secondary N) is 1. The number of carbonyl (C=O) groups is 1. The highest BCUT2D eigenvalue weighted by Crippen LogP contribution is 2.15. The van der Waals surface area contributed by atoms with Crippen molar-refractivity contribution in [1.29, 1.82) is 0 Å². The van der Waals surface area contributed by atoms with Crippen molar-refractivity contribution in [2.45, 2.75) is 19.1 Å². The number of aliphatic hydroxyl groups is 1. The van der Waals surface area contributed by atoms with Gasteiger partial charge in [-0.25, -0.2) is 0 Å². The van der Waals surface area contributed by atoms with Crippen LogP contribution in [0.1, 0.15) is 18.6 Å². The highest BCUT2D eigenvalue weighted by Gasteiger charge is 2.17. The molecule has 0 spiro atoms. The first-order valence-electron chi connectivity index (χ1n) is 5.16. The largest absolute Gasteiger partial charge is 0.386 e. The smallest absolute Gasteiger partial charge is 0.246 e. The lowest BCUT2D eigenvalue weighted by Gasteiger charge is -2.20. The summed E-state index contributed by atoms with van der Waals surface area (Å²) in [4.78, 5) is 11.2. The number of hydrogen-bond acceptors (Lipinski definition) is 3. The molecule has 2 atom stereocenters. The Morgan fingerprint density at radius 2 is 2.06 bits per heavy atom. The van der Waals surface area contributed by atoms with Gasteiger partial charge in [-0.05, 0) is 12.5 Å². The maximum Gasteiger partial charge on any atom is 0.246 e. The predicted molar refractivity (Wildman–Crippen MR) is 60.9 cm³/mol. The average Bonchev–Trinajstić information content (AvgIpc) is 2.29. The molecule has 1 aromatic rings. The van der Waals surface area contributed by atoms with Gasteiger partial charge >= 0.3 is 0 Å². The first kappa shape index (κ1) is 12.7. The summed E-state index contributed by atoms with van der Waals surface area (Å²) in [6.07, 6.45) is -0.706. The lowest BCUT2D eigenvalue weighted by molar-refractivity contribution is -0.126. The van der Waals surface area contributed by atoms with Gasteiger partial charge in [0.15, 0.2) is 0 Å². The van der Waals surface area contributed by atoms with Crippen molar-refractivity contribution >= 4 is 5.91 Å². The minimum absolute atomic E-state index is 0.00580.